The molecule has 0 aliphatic heterocycles. The third kappa shape index (κ3) is 3.97. The molecule has 0 saturated heterocycles. The number of hydrogen-bond acceptors (Lipinski definition) is 4. The first kappa shape index (κ1) is 17.6. The van der Waals surface area contributed by atoms with E-state index in [9.17, 15) is 10.0 Å². The van der Waals surface area contributed by atoms with Crippen LogP contribution < -0.4 is 19.9 Å². The smallest absolute Gasteiger partial charge is 0.345 e. The fourth-order valence-corrected chi connectivity index (χ4v) is 2.32. The number of nitrogens with one attached hydrogen (secondary N) is 1. The molecule has 0 atom stereocenters. The van der Waals surface area contributed by atoms with Crippen molar-refractivity contribution in [3.8, 4) is 11.5 Å². The van der Waals surface area contributed by atoms with Gasteiger partial charge in [-0.2, -0.15) is 5.06 Å². The molecular formula is C18H22N2O4. The van der Waals surface area contributed by atoms with Crippen molar-refractivity contribution in [1.29, 1.82) is 0 Å². The van der Waals surface area contributed by atoms with E-state index >= 15 is 0 Å². The van der Waals surface area contributed by atoms with Gasteiger partial charge in [0, 0.05) is 18.7 Å². The van der Waals surface area contributed by atoms with Crippen LogP contribution in [0, 0.1) is 13.8 Å². The molecule has 0 saturated carbocycles. The lowest BCUT2D eigenvalue weighted by atomic mass is 10.1. The second-order valence-corrected chi connectivity index (χ2v) is 5.42. The van der Waals surface area contributed by atoms with E-state index in [1.54, 1.807) is 18.2 Å². The molecule has 2 rings (SSSR count). The molecule has 0 fully saturated rings. The normalized spacial score (nSPS) is 10.2. The molecule has 0 aliphatic carbocycles. The van der Waals surface area contributed by atoms with Gasteiger partial charge in [0.25, 0.3) is 0 Å². The number of urea groups is 1. The number of benzene rings is 2. The molecule has 0 radical (unpaired) electrons. The van der Waals surface area contributed by atoms with Gasteiger partial charge in [0.1, 0.15) is 18.1 Å². The molecule has 0 aliphatic rings. The molecule has 0 bridgehead atoms. The number of ether oxygens (including phenoxy) is 2. The fourth-order valence-electron chi connectivity index (χ4n) is 2.32. The summed E-state index contributed by atoms with van der Waals surface area (Å²) in [6.45, 7) is 4.20. The standard InChI is InChI=1S/C18H22N2O4/c1-12-5-8-17(13(2)9-12)24-11-14-6-7-15(23-4)10-16(14)20(22)18(21)19-3/h5-10,22H,11H2,1-4H3,(H,19,21). The number of methoxy groups -OCH3 is 1. The maximum Gasteiger partial charge on any atom is 0.345 e. The van der Waals surface area contributed by atoms with Crippen LogP contribution in [0.1, 0.15) is 16.7 Å². The molecule has 128 valence electrons. The highest BCUT2D eigenvalue weighted by atomic mass is 16.5. The minimum Gasteiger partial charge on any atom is -0.497 e. The van der Waals surface area contributed by atoms with Crippen molar-refractivity contribution < 1.29 is 19.5 Å². The van der Waals surface area contributed by atoms with E-state index in [1.165, 1.54) is 14.2 Å². The summed E-state index contributed by atoms with van der Waals surface area (Å²) in [5, 5.41) is 13.0. The first-order valence-corrected chi connectivity index (χ1v) is 7.54. The van der Waals surface area contributed by atoms with Crippen LogP contribution in [0.3, 0.4) is 0 Å². The van der Waals surface area contributed by atoms with Crippen LogP contribution in [-0.2, 0) is 6.61 Å². The quantitative estimate of drug-likeness (QED) is 0.651. The Balaban J connectivity index is 2.27. The van der Waals surface area contributed by atoms with Crippen molar-refractivity contribution in [1.82, 2.24) is 5.32 Å². The van der Waals surface area contributed by atoms with Gasteiger partial charge < -0.3 is 14.8 Å². The number of nitrogens with zero attached hydrogens (tertiary/aromatic N) is 1. The largest absolute Gasteiger partial charge is 0.497 e. The Hall–Kier alpha value is -2.73. The Morgan fingerprint density at radius 2 is 1.96 bits per heavy atom. The van der Waals surface area contributed by atoms with E-state index in [4.69, 9.17) is 9.47 Å². The number of hydrogen-bond donors (Lipinski definition) is 2. The highest BCUT2D eigenvalue weighted by Crippen LogP contribution is 2.28. The molecule has 2 amide bonds. The lowest BCUT2D eigenvalue weighted by Gasteiger charge is -2.19. The van der Waals surface area contributed by atoms with Gasteiger partial charge >= 0.3 is 6.03 Å². The summed E-state index contributed by atoms with van der Waals surface area (Å²) in [6, 6.07) is 10.4. The topological polar surface area (TPSA) is 71.0 Å². The third-order valence-corrected chi connectivity index (χ3v) is 3.64. The van der Waals surface area contributed by atoms with Gasteiger partial charge in [0.2, 0.25) is 0 Å². The van der Waals surface area contributed by atoms with Gasteiger partial charge in [-0.05, 0) is 37.6 Å². The van der Waals surface area contributed by atoms with Crippen LogP contribution in [0.5, 0.6) is 11.5 Å². The van der Waals surface area contributed by atoms with Gasteiger partial charge in [-0.25, -0.2) is 4.79 Å². The minimum absolute atomic E-state index is 0.206. The van der Waals surface area contributed by atoms with Crippen molar-refractivity contribution >= 4 is 11.7 Å². The summed E-state index contributed by atoms with van der Waals surface area (Å²) < 4.78 is 11.0. The molecule has 2 N–H and O–H groups in total. The Kier molecular flexibility index (Phi) is 5.65. The predicted molar refractivity (Wildman–Crippen MR) is 92.0 cm³/mol. The fraction of sp³-hybridized carbons (Fsp3) is 0.278. The molecule has 2 aromatic rings. The molecule has 0 heterocycles. The number of rotatable bonds is 5. The van der Waals surface area contributed by atoms with Crippen molar-refractivity contribution in [2.24, 2.45) is 0 Å². The molecule has 2 aromatic carbocycles. The second-order valence-electron chi connectivity index (χ2n) is 5.42. The number of aryl methyl sites for hydroxylation is 2. The van der Waals surface area contributed by atoms with Crippen molar-refractivity contribution in [2.45, 2.75) is 20.5 Å². The predicted octanol–water partition coefficient (Wildman–Crippen LogP) is 3.43. The average Bonchev–Trinajstić information content (AvgIpc) is 2.59. The van der Waals surface area contributed by atoms with E-state index in [0.29, 0.717) is 22.1 Å². The van der Waals surface area contributed by atoms with Gasteiger partial charge in [0.05, 0.1) is 12.8 Å². The van der Waals surface area contributed by atoms with Crippen LogP contribution in [-0.4, -0.2) is 25.4 Å². The number of amides is 2. The van der Waals surface area contributed by atoms with Crippen LogP contribution in [0.2, 0.25) is 0 Å². The molecule has 0 aromatic heterocycles. The third-order valence-electron chi connectivity index (χ3n) is 3.64. The Morgan fingerprint density at radius 1 is 1.21 bits per heavy atom. The molecular weight excluding hydrogens is 308 g/mol. The van der Waals surface area contributed by atoms with E-state index < -0.39 is 6.03 Å². The van der Waals surface area contributed by atoms with Crippen molar-refractivity contribution in [3.05, 3.63) is 53.1 Å². The lowest BCUT2D eigenvalue weighted by Crippen LogP contribution is -2.36. The van der Waals surface area contributed by atoms with E-state index in [2.05, 4.69) is 5.32 Å². The SMILES string of the molecule is CNC(=O)N(O)c1cc(OC)ccc1COc1ccc(C)cc1C. The van der Waals surface area contributed by atoms with Gasteiger partial charge in [0.15, 0.2) is 0 Å². The van der Waals surface area contributed by atoms with Gasteiger partial charge in [-0.15, -0.1) is 0 Å². The van der Waals surface area contributed by atoms with Crippen molar-refractivity contribution in [2.75, 3.05) is 19.2 Å². The number of anilines is 1. The first-order valence-electron chi connectivity index (χ1n) is 7.54. The van der Waals surface area contributed by atoms with Crippen molar-refractivity contribution in [3.63, 3.8) is 0 Å². The van der Waals surface area contributed by atoms with Crippen LogP contribution >= 0.6 is 0 Å². The number of carbonyl (C=O) groups excluding carboxylic acids is 1. The lowest BCUT2D eigenvalue weighted by molar-refractivity contribution is 0.205. The highest BCUT2D eigenvalue weighted by Gasteiger charge is 2.17. The zero-order valence-corrected chi connectivity index (χ0v) is 14.3. The van der Waals surface area contributed by atoms with Gasteiger partial charge in [-0.3, -0.25) is 5.21 Å². The maximum atomic E-state index is 11.7. The molecule has 0 spiro atoms. The highest BCUT2D eigenvalue weighted by molar-refractivity contribution is 5.90. The molecule has 24 heavy (non-hydrogen) atoms. The summed E-state index contributed by atoms with van der Waals surface area (Å²) in [4.78, 5) is 11.7. The maximum absolute atomic E-state index is 11.7. The number of hydroxylamine groups is 1. The average molecular weight is 330 g/mol. The zero-order chi connectivity index (χ0) is 17.7. The Morgan fingerprint density at radius 3 is 2.58 bits per heavy atom. The van der Waals surface area contributed by atoms with E-state index in [-0.39, 0.29) is 6.61 Å². The monoisotopic (exact) mass is 330 g/mol. The van der Waals surface area contributed by atoms with Crippen LogP contribution in [0.4, 0.5) is 10.5 Å². The summed E-state index contributed by atoms with van der Waals surface area (Å²) in [6.07, 6.45) is 0. The summed E-state index contributed by atoms with van der Waals surface area (Å²) in [7, 11) is 2.96. The van der Waals surface area contributed by atoms with E-state index in [0.717, 1.165) is 16.9 Å². The number of carbonyl (C=O) groups is 1. The van der Waals surface area contributed by atoms with Gasteiger partial charge in [-0.1, -0.05) is 17.7 Å². The minimum atomic E-state index is -0.643. The van der Waals surface area contributed by atoms with Crippen LogP contribution in [0.25, 0.3) is 0 Å². The molecule has 0 unspecified atom stereocenters. The zero-order valence-electron chi connectivity index (χ0n) is 14.3. The Labute approximate surface area is 141 Å². The first-order chi connectivity index (χ1) is 11.5. The molecule has 6 nitrogen and oxygen atoms in total. The molecule has 6 heteroatoms. The van der Waals surface area contributed by atoms with E-state index in [1.807, 2.05) is 32.0 Å². The summed E-state index contributed by atoms with van der Waals surface area (Å²) >= 11 is 0. The summed E-state index contributed by atoms with van der Waals surface area (Å²) in [5.41, 5.74) is 3.14. The summed E-state index contributed by atoms with van der Waals surface area (Å²) in [5.74, 6) is 1.29. The Bertz CT molecular complexity index is 731. The van der Waals surface area contributed by atoms with Crippen LogP contribution in [0.15, 0.2) is 36.4 Å². The second kappa shape index (κ2) is 7.70.